The molecule has 0 aromatic heterocycles. The summed E-state index contributed by atoms with van der Waals surface area (Å²) >= 11 is 0. The molecule has 0 aliphatic rings. The highest BCUT2D eigenvalue weighted by molar-refractivity contribution is 7.81. The van der Waals surface area contributed by atoms with Crippen LogP contribution in [0, 0.1) is 0 Å². The fourth-order valence-corrected chi connectivity index (χ4v) is 0.459. The second-order valence-electron chi connectivity index (χ2n) is 3.80. The van der Waals surface area contributed by atoms with Crippen molar-refractivity contribution in [2.45, 2.75) is 6.92 Å². The summed E-state index contributed by atoms with van der Waals surface area (Å²) < 4.78 is 65.2. The molecule has 12 nitrogen and oxygen atoms in total. The van der Waals surface area contributed by atoms with E-state index in [0.717, 1.165) is 34.3 Å². The second kappa shape index (κ2) is 19.0. The molecule has 0 saturated heterocycles. The minimum absolute atomic E-state index is 0.750. The average molecular weight is 412 g/mol. The number of hydrogen-bond acceptors (Lipinski definition) is 10. The van der Waals surface area contributed by atoms with E-state index < -0.39 is 20.8 Å². The van der Waals surface area contributed by atoms with Gasteiger partial charge in [0.25, 0.3) is 0 Å². The molecule has 1 amide bonds. The van der Waals surface area contributed by atoms with Crippen molar-refractivity contribution in [1.29, 1.82) is 0 Å². The third-order valence-electron chi connectivity index (χ3n) is 1.61. The van der Waals surface area contributed by atoms with Gasteiger partial charge in [0.1, 0.15) is 13.6 Å². The van der Waals surface area contributed by atoms with Crippen LogP contribution < -0.4 is 0 Å². The number of nitrogens with zero attached hydrogens (tertiary/aromatic N) is 2. The maximum atomic E-state index is 9.92. The SMILES string of the molecule is CC[N+](C)=COC.CN(C)C=O.COS(=O)(=O)OC.COS(=O)(=O)[O-]. The first-order valence-electron chi connectivity index (χ1n) is 6.32. The van der Waals surface area contributed by atoms with Crippen molar-refractivity contribution in [3.8, 4) is 0 Å². The lowest BCUT2D eigenvalue weighted by molar-refractivity contribution is -0.496. The molecule has 0 unspecified atom stereocenters. The number of amides is 1. The van der Waals surface area contributed by atoms with Gasteiger partial charge in [-0.1, -0.05) is 0 Å². The van der Waals surface area contributed by atoms with Gasteiger partial charge in [0.2, 0.25) is 16.8 Å². The van der Waals surface area contributed by atoms with Crippen molar-refractivity contribution in [1.82, 2.24) is 4.90 Å². The summed E-state index contributed by atoms with van der Waals surface area (Å²) in [5, 5.41) is 0. The van der Waals surface area contributed by atoms with Crippen molar-refractivity contribution in [3.05, 3.63) is 0 Å². The third-order valence-corrected chi connectivity index (χ3v) is 2.83. The van der Waals surface area contributed by atoms with Crippen molar-refractivity contribution >= 4 is 33.6 Å². The van der Waals surface area contributed by atoms with Gasteiger partial charge in [0.15, 0.2) is 0 Å². The van der Waals surface area contributed by atoms with Gasteiger partial charge in [-0.15, -0.1) is 0 Å². The van der Waals surface area contributed by atoms with E-state index in [4.69, 9.17) is 4.74 Å². The average Bonchev–Trinajstić information content (AvgIpc) is 2.56. The van der Waals surface area contributed by atoms with Crippen LogP contribution in [0.1, 0.15) is 6.92 Å². The predicted molar refractivity (Wildman–Crippen MR) is 89.2 cm³/mol. The number of carbonyl (C=O) groups is 1. The summed E-state index contributed by atoms with van der Waals surface area (Å²) in [5.74, 6) is 0. The van der Waals surface area contributed by atoms with Gasteiger partial charge in [0.05, 0.1) is 28.4 Å². The van der Waals surface area contributed by atoms with Gasteiger partial charge in [-0.2, -0.15) is 8.42 Å². The first kappa shape index (κ1) is 31.4. The zero-order valence-corrected chi connectivity index (χ0v) is 17.3. The molecule has 0 aliphatic carbocycles. The molecule has 0 radical (unpaired) electrons. The maximum Gasteiger partial charge on any atom is 0.399 e. The Morgan fingerprint density at radius 3 is 1.36 bits per heavy atom. The molecule has 14 heteroatoms. The number of rotatable bonds is 6. The molecule has 0 heterocycles. The van der Waals surface area contributed by atoms with Crippen molar-refractivity contribution in [3.63, 3.8) is 0 Å². The Labute approximate surface area is 150 Å². The molecule has 25 heavy (non-hydrogen) atoms. The molecule has 0 rings (SSSR count). The van der Waals surface area contributed by atoms with E-state index in [1.807, 2.05) is 11.6 Å². The molecule has 0 bridgehead atoms. The molecule has 0 atom stereocenters. The Hall–Kier alpha value is -1.32. The predicted octanol–water partition coefficient (Wildman–Crippen LogP) is -1.36. The molecule has 0 aromatic rings. The summed E-state index contributed by atoms with van der Waals surface area (Å²) in [5.41, 5.74) is 0. The van der Waals surface area contributed by atoms with E-state index >= 15 is 0 Å². The lowest BCUT2D eigenvalue weighted by Gasteiger charge is -1.98. The van der Waals surface area contributed by atoms with E-state index in [0.29, 0.717) is 0 Å². The fourth-order valence-electron chi connectivity index (χ4n) is 0.323. The van der Waals surface area contributed by atoms with Crippen molar-refractivity contribution < 1.29 is 48.0 Å². The van der Waals surface area contributed by atoms with Crippen LogP contribution in [-0.4, -0.2) is 99.8 Å². The van der Waals surface area contributed by atoms with Crippen LogP contribution in [0.2, 0.25) is 0 Å². The van der Waals surface area contributed by atoms with Crippen molar-refractivity contribution in [2.75, 3.05) is 56.1 Å². The van der Waals surface area contributed by atoms with Crippen LogP contribution in [0.15, 0.2) is 0 Å². The number of ether oxygens (including phenoxy) is 1. The van der Waals surface area contributed by atoms with Crippen LogP contribution in [0.4, 0.5) is 0 Å². The first-order valence-corrected chi connectivity index (χ1v) is 8.99. The highest BCUT2D eigenvalue weighted by Crippen LogP contribution is 1.85. The highest BCUT2D eigenvalue weighted by atomic mass is 32.3. The van der Waals surface area contributed by atoms with Crippen LogP contribution in [0.5, 0.6) is 0 Å². The quantitative estimate of drug-likeness (QED) is 0.128. The molecule has 0 fully saturated rings. The third kappa shape index (κ3) is 45.0. The van der Waals surface area contributed by atoms with E-state index in [9.17, 15) is 26.2 Å². The Kier molecular flexibility index (Phi) is 23.9. The summed E-state index contributed by atoms with van der Waals surface area (Å²) in [4.78, 5) is 10.9. The molecule has 0 N–H and O–H groups in total. The summed E-state index contributed by atoms with van der Waals surface area (Å²) in [7, 11) is 1.77. The molecule has 0 spiro atoms. The van der Waals surface area contributed by atoms with Gasteiger partial charge < -0.3 is 14.2 Å². The lowest BCUT2D eigenvalue weighted by atomic mass is 10.7. The standard InChI is InChI=1S/C5H12NO.C3H7NO.C2H6O4S.CH4O4S/c1-4-6(2)5-7-3;1-4(2)3-5;1-5-7(3,4)6-2;1-5-6(2,3)4/h5H,4H2,1-3H3;3H,1-2H3;1-2H3;1H3,(H,2,3,4)/q+1;;;/p-1. The van der Waals surface area contributed by atoms with Crippen LogP contribution in [-0.2, 0) is 42.9 Å². The van der Waals surface area contributed by atoms with Crippen LogP contribution in [0.3, 0.4) is 0 Å². The van der Waals surface area contributed by atoms with Crippen molar-refractivity contribution in [2.24, 2.45) is 0 Å². The highest BCUT2D eigenvalue weighted by Gasteiger charge is 2.01. The Balaban J connectivity index is -0.000000119. The summed E-state index contributed by atoms with van der Waals surface area (Å²) in [6.07, 6.45) is 2.43. The Bertz CT molecular complexity index is 519. The van der Waals surface area contributed by atoms with Gasteiger partial charge >= 0.3 is 16.8 Å². The van der Waals surface area contributed by atoms with E-state index in [-0.39, 0.29) is 0 Å². The summed E-state index contributed by atoms with van der Waals surface area (Å²) in [6, 6.07) is 0. The molecule has 0 aromatic carbocycles. The normalized spacial score (nSPS) is 10.7. The molecular formula is C11H28N2O10S2. The smallest absolute Gasteiger partial charge is 0.399 e. The van der Waals surface area contributed by atoms with Crippen LogP contribution >= 0.6 is 0 Å². The number of methoxy groups -OCH3 is 1. The van der Waals surface area contributed by atoms with Gasteiger partial charge in [0, 0.05) is 14.1 Å². The maximum absolute atomic E-state index is 9.92. The van der Waals surface area contributed by atoms with Gasteiger partial charge in [-0.3, -0.25) is 17.3 Å². The molecular weight excluding hydrogens is 384 g/mol. The van der Waals surface area contributed by atoms with E-state index in [2.05, 4.69) is 19.5 Å². The largest absolute Gasteiger partial charge is 0.726 e. The minimum atomic E-state index is -4.41. The van der Waals surface area contributed by atoms with Gasteiger partial charge in [-0.05, 0) is 6.92 Å². The lowest BCUT2D eigenvalue weighted by Crippen LogP contribution is -2.06. The zero-order valence-electron chi connectivity index (χ0n) is 15.7. The Morgan fingerprint density at radius 2 is 1.32 bits per heavy atom. The second-order valence-corrected chi connectivity index (χ2v) is 6.43. The number of hydrogen-bond donors (Lipinski definition) is 0. The fraction of sp³-hybridized carbons (Fsp3) is 0.818. The Morgan fingerprint density at radius 1 is 1.00 bits per heavy atom. The van der Waals surface area contributed by atoms with Crippen LogP contribution in [0.25, 0.3) is 0 Å². The first-order chi connectivity index (χ1) is 11.3. The minimum Gasteiger partial charge on any atom is -0.726 e. The van der Waals surface area contributed by atoms with E-state index in [1.165, 1.54) is 4.90 Å². The number of carbonyl (C=O) groups excluding carboxylic acids is 1. The summed E-state index contributed by atoms with van der Waals surface area (Å²) in [6.45, 7) is 3.06. The monoisotopic (exact) mass is 412 g/mol. The molecule has 0 saturated carbocycles. The molecule has 154 valence electrons. The van der Waals surface area contributed by atoms with E-state index in [1.54, 1.807) is 27.6 Å². The topological polar surface area (TPSA) is 152 Å². The van der Waals surface area contributed by atoms with Gasteiger partial charge in [-0.25, -0.2) is 13.0 Å². The zero-order chi connectivity index (χ0) is 21.1. The molecule has 0 aliphatic heterocycles.